The first-order chi connectivity index (χ1) is 19.0. The number of aromatic nitrogens is 4. The number of aromatic amines is 1. The molecule has 1 saturated heterocycles. The molecule has 2 atom stereocenters. The van der Waals surface area contributed by atoms with Crippen molar-refractivity contribution in [1.29, 1.82) is 0 Å². The third-order valence-corrected chi connectivity index (χ3v) is 7.37. The van der Waals surface area contributed by atoms with Crippen LogP contribution in [0.1, 0.15) is 83.2 Å². The minimum absolute atomic E-state index is 0.119. The maximum atomic E-state index is 13.3. The molecule has 0 saturated carbocycles. The molecule has 0 bridgehead atoms. The SMILES string of the molecule is CCCCCCCC(CC)c1nc(C)c2c(=O)[nH]c(-c3cc(NC(=O)C4CNCCN4)ccc3OCC)nn12. The quantitative estimate of drug-likeness (QED) is 0.241. The van der Waals surface area contributed by atoms with Crippen LogP contribution >= 0.6 is 0 Å². The predicted molar refractivity (Wildman–Crippen MR) is 155 cm³/mol. The van der Waals surface area contributed by atoms with Crippen molar-refractivity contribution in [3.8, 4) is 17.1 Å². The number of aryl methyl sites for hydroxylation is 1. The van der Waals surface area contributed by atoms with Gasteiger partial charge in [0, 0.05) is 31.2 Å². The van der Waals surface area contributed by atoms with E-state index in [9.17, 15) is 9.59 Å². The van der Waals surface area contributed by atoms with E-state index in [2.05, 4.69) is 34.8 Å². The molecule has 3 heterocycles. The van der Waals surface area contributed by atoms with Crippen molar-refractivity contribution in [2.24, 2.45) is 0 Å². The number of amides is 1. The van der Waals surface area contributed by atoms with E-state index in [1.807, 2.05) is 13.8 Å². The summed E-state index contributed by atoms with van der Waals surface area (Å²) in [5, 5.41) is 14.3. The Hall–Kier alpha value is -3.24. The smallest absolute Gasteiger partial charge is 0.277 e. The minimum atomic E-state index is -0.313. The highest BCUT2D eigenvalue weighted by molar-refractivity contribution is 5.95. The molecule has 1 amide bonds. The Morgan fingerprint density at radius 3 is 2.72 bits per heavy atom. The van der Waals surface area contributed by atoms with Crippen molar-refractivity contribution in [1.82, 2.24) is 30.2 Å². The van der Waals surface area contributed by atoms with Gasteiger partial charge in [-0.1, -0.05) is 46.0 Å². The first kappa shape index (κ1) is 28.8. The van der Waals surface area contributed by atoms with Crippen molar-refractivity contribution in [3.05, 3.63) is 40.1 Å². The number of carbonyl (C=O) groups is 1. The number of ether oxygens (including phenoxy) is 1. The number of piperazine rings is 1. The van der Waals surface area contributed by atoms with Gasteiger partial charge in [-0.15, -0.1) is 5.10 Å². The highest BCUT2D eigenvalue weighted by atomic mass is 16.5. The lowest BCUT2D eigenvalue weighted by Crippen LogP contribution is -2.54. The average Bonchev–Trinajstić information content (AvgIpc) is 3.28. The molecule has 1 fully saturated rings. The molecule has 0 radical (unpaired) electrons. The zero-order valence-electron chi connectivity index (χ0n) is 23.7. The van der Waals surface area contributed by atoms with Gasteiger partial charge in [-0.25, -0.2) is 9.50 Å². The molecule has 2 unspecified atom stereocenters. The molecule has 1 aromatic carbocycles. The number of nitrogens with one attached hydrogen (secondary N) is 4. The normalized spacial score (nSPS) is 16.4. The van der Waals surface area contributed by atoms with E-state index in [4.69, 9.17) is 14.8 Å². The standard InChI is InChI=1S/C29H43N7O3/c1-5-8-9-10-11-12-20(6-2)27-32-19(4)25-29(38)34-26(35-36(25)27)22-17-21(13-14-24(22)39-7-3)33-28(37)23-18-30-15-16-31-23/h13-14,17,20,23,30-31H,5-12,15-16,18H2,1-4H3,(H,33,37)(H,34,35,38). The maximum Gasteiger partial charge on any atom is 0.277 e. The monoisotopic (exact) mass is 537 g/mol. The van der Waals surface area contributed by atoms with Gasteiger partial charge in [-0.05, 0) is 44.9 Å². The average molecular weight is 538 g/mol. The second-order valence-corrected chi connectivity index (χ2v) is 10.3. The van der Waals surface area contributed by atoms with Crippen LogP contribution in [0.4, 0.5) is 5.69 Å². The van der Waals surface area contributed by atoms with E-state index in [1.54, 1.807) is 22.7 Å². The first-order valence-corrected chi connectivity index (χ1v) is 14.5. The van der Waals surface area contributed by atoms with Crippen molar-refractivity contribution >= 4 is 17.1 Å². The molecule has 212 valence electrons. The fourth-order valence-corrected chi connectivity index (χ4v) is 5.23. The van der Waals surface area contributed by atoms with Gasteiger partial charge >= 0.3 is 0 Å². The molecule has 2 aromatic heterocycles. The third-order valence-electron chi connectivity index (χ3n) is 7.37. The number of hydrogen-bond donors (Lipinski definition) is 4. The second-order valence-electron chi connectivity index (χ2n) is 10.3. The van der Waals surface area contributed by atoms with Crippen LogP contribution in [0, 0.1) is 6.92 Å². The van der Waals surface area contributed by atoms with Crippen LogP contribution in [-0.4, -0.2) is 57.8 Å². The Balaban J connectivity index is 1.68. The zero-order valence-corrected chi connectivity index (χ0v) is 23.7. The highest BCUT2D eigenvalue weighted by Gasteiger charge is 2.23. The minimum Gasteiger partial charge on any atom is -0.493 e. The largest absolute Gasteiger partial charge is 0.493 e. The fourth-order valence-electron chi connectivity index (χ4n) is 5.23. The Morgan fingerprint density at radius 1 is 1.18 bits per heavy atom. The first-order valence-electron chi connectivity index (χ1n) is 14.5. The molecule has 3 aromatic rings. The van der Waals surface area contributed by atoms with Crippen LogP contribution in [0.5, 0.6) is 5.75 Å². The number of imidazole rings is 1. The summed E-state index contributed by atoms with van der Waals surface area (Å²) in [5.74, 6) is 1.87. The predicted octanol–water partition coefficient (Wildman–Crippen LogP) is 4.15. The van der Waals surface area contributed by atoms with Gasteiger partial charge in [-0.2, -0.15) is 0 Å². The lowest BCUT2D eigenvalue weighted by molar-refractivity contribution is -0.118. The van der Waals surface area contributed by atoms with Crippen LogP contribution in [0.3, 0.4) is 0 Å². The summed E-state index contributed by atoms with van der Waals surface area (Å²) in [6.45, 7) is 10.8. The summed E-state index contributed by atoms with van der Waals surface area (Å²) in [6.07, 6.45) is 8.00. The number of fused-ring (bicyclic) bond motifs is 1. The summed E-state index contributed by atoms with van der Waals surface area (Å²) in [7, 11) is 0. The van der Waals surface area contributed by atoms with Crippen LogP contribution in [0.2, 0.25) is 0 Å². The van der Waals surface area contributed by atoms with Gasteiger partial charge in [0.2, 0.25) is 5.91 Å². The van der Waals surface area contributed by atoms with Gasteiger partial charge in [0.1, 0.15) is 11.6 Å². The summed E-state index contributed by atoms with van der Waals surface area (Å²) >= 11 is 0. The highest BCUT2D eigenvalue weighted by Crippen LogP contribution is 2.32. The van der Waals surface area contributed by atoms with Gasteiger partial charge in [-0.3, -0.25) is 9.59 Å². The van der Waals surface area contributed by atoms with E-state index in [-0.39, 0.29) is 23.4 Å². The van der Waals surface area contributed by atoms with Gasteiger partial charge in [0.05, 0.1) is 23.9 Å². The maximum absolute atomic E-state index is 13.3. The lowest BCUT2D eigenvalue weighted by Gasteiger charge is -2.23. The molecule has 0 spiro atoms. The lowest BCUT2D eigenvalue weighted by atomic mass is 9.97. The molecular formula is C29H43N7O3. The van der Waals surface area contributed by atoms with Crippen LogP contribution in [-0.2, 0) is 4.79 Å². The van der Waals surface area contributed by atoms with E-state index < -0.39 is 0 Å². The van der Waals surface area contributed by atoms with Crippen molar-refractivity contribution in [3.63, 3.8) is 0 Å². The molecule has 10 heteroatoms. The molecule has 0 aliphatic carbocycles. The van der Waals surface area contributed by atoms with Crippen molar-refractivity contribution in [2.45, 2.75) is 84.6 Å². The summed E-state index contributed by atoms with van der Waals surface area (Å²) in [6, 6.07) is 5.10. The Bertz CT molecular complexity index is 1310. The van der Waals surface area contributed by atoms with Crippen LogP contribution < -0.4 is 26.2 Å². The van der Waals surface area contributed by atoms with Gasteiger partial charge in [0.25, 0.3) is 5.56 Å². The zero-order chi connectivity index (χ0) is 27.8. The summed E-state index contributed by atoms with van der Waals surface area (Å²) in [4.78, 5) is 33.9. The molecule has 4 N–H and O–H groups in total. The number of benzene rings is 1. The third kappa shape index (κ3) is 6.86. The second kappa shape index (κ2) is 13.7. The van der Waals surface area contributed by atoms with Crippen LogP contribution in [0.15, 0.2) is 23.0 Å². The van der Waals surface area contributed by atoms with E-state index in [1.165, 1.54) is 25.7 Å². The van der Waals surface area contributed by atoms with E-state index >= 15 is 0 Å². The molecular weight excluding hydrogens is 494 g/mol. The topological polar surface area (TPSA) is 125 Å². The van der Waals surface area contributed by atoms with Gasteiger partial charge < -0.3 is 25.7 Å². The van der Waals surface area contributed by atoms with E-state index in [0.717, 1.165) is 38.2 Å². The number of nitrogens with zero attached hydrogens (tertiary/aromatic N) is 3. The van der Waals surface area contributed by atoms with Crippen molar-refractivity contribution in [2.75, 3.05) is 31.6 Å². The van der Waals surface area contributed by atoms with Gasteiger partial charge in [0.15, 0.2) is 11.3 Å². The number of H-pyrrole nitrogens is 1. The fraction of sp³-hybridized carbons (Fsp3) is 0.586. The number of anilines is 1. The van der Waals surface area contributed by atoms with E-state index in [0.29, 0.717) is 47.2 Å². The molecule has 1 aliphatic heterocycles. The van der Waals surface area contributed by atoms with Crippen molar-refractivity contribution < 1.29 is 9.53 Å². The Morgan fingerprint density at radius 2 is 2.00 bits per heavy atom. The number of hydrogen-bond acceptors (Lipinski definition) is 7. The number of carbonyl (C=O) groups excluding carboxylic acids is 1. The Kier molecular flexibility index (Phi) is 10.1. The number of rotatable bonds is 13. The molecule has 4 rings (SSSR count). The Labute approximate surface area is 230 Å². The number of unbranched alkanes of at least 4 members (excludes halogenated alkanes) is 4. The molecule has 39 heavy (non-hydrogen) atoms. The molecule has 10 nitrogen and oxygen atoms in total. The van der Waals surface area contributed by atoms with Crippen LogP contribution in [0.25, 0.3) is 16.9 Å². The summed E-state index contributed by atoms with van der Waals surface area (Å²) < 4.78 is 7.61. The molecule has 1 aliphatic rings. The summed E-state index contributed by atoms with van der Waals surface area (Å²) in [5.41, 5.74) is 2.11.